The van der Waals surface area contributed by atoms with Gasteiger partial charge >= 0.3 is 12.4 Å². The Morgan fingerprint density at radius 3 is 1.97 bits per heavy atom. The van der Waals surface area contributed by atoms with E-state index in [1.165, 1.54) is 30.5 Å². The molecule has 0 bridgehead atoms. The third kappa shape index (κ3) is 7.64. The van der Waals surface area contributed by atoms with Gasteiger partial charge in [0.05, 0.1) is 11.1 Å². The number of hydrogen-bond donors (Lipinski definition) is 2. The molecule has 0 atom stereocenters. The maximum Gasteiger partial charge on any atom is 0.416 e. The second kappa shape index (κ2) is 10.9. The van der Waals surface area contributed by atoms with Gasteiger partial charge < -0.3 is 17.7 Å². The third-order valence-electron chi connectivity index (χ3n) is 4.34. The average molecular weight is 550 g/mol. The van der Waals surface area contributed by atoms with E-state index in [9.17, 15) is 26.3 Å². The van der Waals surface area contributed by atoms with Gasteiger partial charge in [0.25, 0.3) is 0 Å². The van der Waals surface area contributed by atoms with Crippen LogP contribution in [0.3, 0.4) is 0 Å². The summed E-state index contributed by atoms with van der Waals surface area (Å²) in [6, 6.07) is 16.4. The molecule has 2 nitrogen and oxygen atoms in total. The Morgan fingerprint density at radius 1 is 0.788 bits per heavy atom. The Balaban J connectivity index is 0.00000385. The number of hydrogen-bond acceptors (Lipinski definition) is 1. The topological polar surface area (TPSA) is 26.0 Å². The van der Waals surface area contributed by atoms with Crippen molar-refractivity contribution in [3.05, 3.63) is 106 Å². The first kappa shape index (κ1) is 26.5. The molecule has 0 spiro atoms. The van der Waals surface area contributed by atoms with E-state index in [0.717, 1.165) is 34.3 Å². The van der Waals surface area contributed by atoms with E-state index in [-0.39, 0.29) is 18.1 Å². The summed E-state index contributed by atoms with van der Waals surface area (Å²) in [6.07, 6.45) is -5.86. The molecule has 33 heavy (non-hydrogen) atoms. The first-order valence-electron chi connectivity index (χ1n) is 9.20. The van der Waals surface area contributed by atoms with Crippen LogP contribution in [-0.2, 0) is 12.4 Å². The summed E-state index contributed by atoms with van der Waals surface area (Å²) in [5.74, 6) is 0. The monoisotopic (exact) mass is 548 g/mol. The molecule has 3 rings (SSSR count). The second-order valence-electron chi connectivity index (χ2n) is 6.68. The fraction of sp³-hybridized carbons (Fsp3) is 0.0870. The molecule has 0 aromatic heterocycles. The molecule has 0 unspecified atom stereocenters. The number of alkyl halides is 6. The van der Waals surface area contributed by atoms with Crippen molar-refractivity contribution in [2.24, 2.45) is 0 Å². The molecule has 0 amide bonds. The minimum Gasteiger partial charge on any atom is -1.00 e. The highest BCUT2D eigenvalue weighted by Crippen LogP contribution is 2.31. The zero-order valence-corrected chi connectivity index (χ0v) is 18.9. The predicted molar refractivity (Wildman–Crippen MR) is 115 cm³/mol. The van der Waals surface area contributed by atoms with Crippen LogP contribution < -0.4 is 22.7 Å². The van der Waals surface area contributed by atoms with Crippen LogP contribution in [0.2, 0.25) is 0 Å². The Labute approximate surface area is 200 Å². The molecule has 0 saturated heterocycles. The minimum atomic E-state index is -4.46. The summed E-state index contributed by atoms with van der Waals surface area (Å²) in [7, 11) is 0. The van der Waals surface area contributed by atoms with Crippen molar-refractivity contribution < 1.29 is 43.7 Å². The van der Waals surface area contributed by atoms with Crippen molar-refractivity contribution in [1.29, 1.82) is 0 Å². The van der Waals surface area contributed by atoms with Gasteiger partial charge in [0.15, 0.2) is 0 Å². The molecule has 0 aliphatic heterocycles. The molecule has 174 valence electrons. The fourth-order valence-electron chi connectivity index (χ4n) is 2.74. The van der Waals surface area contributed by atoms with Crippen LogP contribution in [0.1, 0.15) is 16.7 Å². The number of nitrogens with one attached hydrogen (secondary N) is 2. The highest BCUT2D eigenvalue weighted by molar-refractivity contribution is 9.10. The molecule has 10 heteroatoms. The lowest BCUT2D eigenvalue weighted by atomic mass is 10.1. The molecular weight excluding hydrogens is 534 g/mol. The normalized spacial score (nSPS) is 12.5. The van der Waals surface area contributed by atoms with Gasteiger partial charge in [-0.05, 0) is 54.6 Å². The smallest absolute Gasteiger partial charge is 0.416 e. The summed E-state index contributed by atoms with van der Waals surface area (Å²) in [5.41, 5.74) is 0.346. The molecule has 3 aromatic carbocycles. The lowest BCUT2D eigenvalue weighted by molar-refractivity contribution is -0.351. The van der Waals surface area contributed by atoms with E-state index in [4.69, 9.17) is 0 Å². The van der Waals surface area contributed by atoms with Gasteiger partial charge in [-0.3, -0.25) is 0 Å². The van der Waals surface area contributed by atoms with Crippen LogP contribution in [0.25, 0.3) is 0 Å². The zero-order chi connectivity index (χ0) is 23.4. The maximum absolute atomic E-state index is 12.9. The summed E-state index contributed by atoms with van der Waals surface area (Å²) in [6.45, 7) is 0. The van der Waals surface area contributed by atoms with E-state index in [1.807, 2.05) is 0 Å². The fourth-order valence-corrected chi connectivity index (χ4v) is 3.01. The lowest BCUT2D eigenvalue weighted by Gasteiger charge is -2.08. The third-order valence-corrected chi connectivity index (χ3v) is 4.87. The van der Waals surface area contributed by atoms with Crippen LogP contribution >= 0.6 is 15.9 Å². The minimum absolute atomic E-state index is 0. The van der Waals surface area contributed by atoms with Crippen LogP contribution in [0.5, 0.6) is 0 Å². The van der Waals surface area contributed by atoms with E-state index in [1.54, 1.807) is 30.3 Å². The van der Waals surface area contributed by atoms with Crippen molar-refractivity contribution in [3.8, 4) is 0 Å². The zero-order valence-electron chi connectivity index (χ0n) is 16.6. The number of rotatable bonds is 5. The van der Waals surface area contributed by atoms with Gasteiger partial charge in [0.1, 0.15) is 0 Å². The predicted octanol–water partition coefficient (Wildman–Crippen LogP) is 3.32. The molecule has 0 radical (unpaired) electrons. The Morgan fingerprint density at radius 2 is 1.39 bits per heavy atom. The van der Waals surface area contributed by atoms with Gasteiger partial charge in [-0.2, -0.15) is 26.3 Å². The van der Waals surface area contributed by atoms with Crippen LogP contribution in [0.4, 0.5) is 37.7 Å². The number of anilines is 1. The second-order valence-corrected chi connectivity index (χ2v) is 7.59. The highest BCUT2D eigenvalue weighted by atomic mass is 79.9. The molecule has 2 N–H and O–H groups in total. The van der Waals surface area contributed by atoms with E-state index in [0.29, 0.717) is 11.4 Å². The summed E-state index contributed by atoms with van der Waals surface area (Å²) in [5, 5.41) is 2.78. The molecule has 0 aliphatic rings. The molecule has 0 saturated carbocycles. The Bertz CT molecular complexity index is 1120. The van der Waals surface area contributed by atoms with Crippen molar-refractivity contribution >= 4 is 33.0 Å². The molecule has 0 aliphatic carbocycles. The highest BCUT2D eigenvalue weighted by Gasteiger charge is 2.31. The van der Waals surface area contributed by atoms with Crippen molar-refractivity contribution in [2.75, 3.05) is 5.32 Å². The van der Waals surface area contributed by atoms with E-state index in [2.05, 4.69) is 26.2 Å². The van der Waals surface area contributed by atoms with Crippen molar-refractivity contribution in [1.82, 2.24) is 0 Å². The first-order valence-corrected chi connectivity index (χ1v) is 9.99. The molecule has 0 heterocycles. The largest absolute Gasteiger partial charge is 1.00 e. The van der Waals surface area contributed by atoms with Gasteiger partial charge in [0, 0.05) is 40.1 Å². The SMILES string of the molecule is FC(F)(F)c1ccc([NH+]=C(/C=C/Nc2cccc(C(F)(F)F)c2)c2ccc(Br)cc2)cc1.[Cl-]. The van der Waals surface area contributed by atoms with Crippen LogP contribution in [0, 0.1) is 0 Å². The molecule has 0 fully saturated rings. The molecule has 3 aromatic rings. The van der Waals surface area contributed by atoms with Crippen LogP contribution in [0.15, 0.2) is 89.5 Å². The lowest BCUT2D eigenvalue weighted by Crippen LogP contribution is -3.00. The molecular formula is C23H16BrClF6N2. The summed E-state index contributed by atoms with van der Waals surface area (Å²) >= 11 is 3.34. The van der Waals surface area contributed by atoms with Gasteiger partial charge in [-0.1, -0.05) is 22.0 Å². The van der Waals surface area contributed by atoms with Crippen molar-refractivity contribution in [3.63, 3.8) is 0 Å². The summed E-state index contributed by atoms with van der Waals surface area (Å²) in [4.78, 5) is 3.04. The van der Waals surface area contributed by atoms with E-state index >= 15 is 0 Å². The first-order chi connectivity index (χ1) is 15.0. The standard InChI is InChI=1S/C23H15BrF6N2.ClH/c24-18-8-4-15(5-9-18)21(32-19-10-6-16(7-11-19)22(25,26)27)12-13-31-20-3-1-2-17(14-20)23(28,29)30;/h1-14,31H;1H/b13-12+,32-21?;. The van der Waals surface area contributed by atoms with Gasteiger partial charge in [0.2, 0.25) is 11.4 Å². The Hall–Kier alpha value is -2.78. The Kier molecular flexibility index (Phi) is 8.74. The number of halogens is 8. The van der Waals surface area contributed by atoms with Gasteiger partial charge in [-0.15, -0.1) is 0 Å². The van der Waals surface area contributed by atoms with Gasteiger partial charge in [-0.25, -0.2) is 4.99 Å². The van der Waals surface area contributed by atoms with Crippen molar-refractivity contribution in [2.45, 2.75) is 12.4 Å². The average Bonchev–Trinajstić information content (AvgIpc) is 2.73. The summed E-state index contributed by atoms with van der Waals surface area (Å²) < 4.78 is 77.9. The maximum atomic E-state index is 12.9. The van der Waals surface area contributed by atoms with E-state index < -0.39 is 23.5 Å². The quantitative estimate of drug-likeness (QED) is 0.371. The van der Waals surface area contributed by atoms with Crippen LogP contribution in [-0.4, -0.2) is 5.71 Å². The number of allylic oxidation sites excluding steroid dienone is 1. The number of benzene rings is 3.